The van der Waals surface area contributed by atoms with Crippen molar-refractivity contribution < 1.29 is 19.2 Å². The van der Waals surface area contributed by atoms with E-state index in [1.54, 1.807) is 0 Å². The second-order valence-corrected chi connectivity index (χ2v) is 8.36. The van der Waals surface area contributed by atoms with Crippen molar-refractivity contribution in [3.63, 3.8) is 0 Å². The largest absolute Gasteiger partial charge is 0.370 e. The Balaban J connectivity index is 1.54. The summed E-state index contributed by atoms with van der Waals surface area (Å²) in [6, 6.07) is 21.1. The van der Waals surface area contributed by atoms with Crippen LogP contribution >= 0.6 is 0 Å². The molecule has 2 unspecified atom stereocenters. The molecule has 0 aliphatic rings. The molecule has 0 bridgehead atoms. The quantitative estimate of drug-likeness (QED) is 0.338. The minimum absolute atomic E-state index is 0.146. The fraction of sp³-hybridized carbons (Fsp3) is 0.259. The van der Waals surface area contributed by atoms with Crippen molar-refractivity contribution in [3.05, 3.63) is 83.9 Å². The van der Waals surface area contributed by atoms with E-state index < -0.39 is 23.9 Å². The van der Waals surface area contributed by atoms with Crippen molar-refractivity contribution in [2.75, 3.05) is 0 Å². The molecule has 182 valence electrons. The Labute approximate surface area is 204 Å². The minimum atomic E-state index is -1.16. The highest BCUT2D eigenvalue weighted by Gasteiger charge is 2.26. The number of nitrogens with one attached hydrogen (secondary N) is 3. The number of rotatable bonds is 11. The Morgan fingerprint density at radius 1 is 0.829 bits per heavy atom. The van der Waals surface area contributed by atoms with E-state index >= 15 is 0 Å². The highest BCUT2D eigenvalue weighted by molar-refractivity contribution is 5.94. The molecule has 3 rings (SSSR count). The van der Waals surface area contributed by atoms with Crippen LogP contribution in [0.4, 0.5) is 0 Å². The van der Waals surface area contributed by atoms with E-state index in [1.165, 1.54) is 6.92 Å². The summed E-state index contributed by atoms with van der Waals surface area (Å²) in [5.74, 6) is -2.16. The molecule has 0 saturated heterocycles. The van der Waals surface area contributed by atoms with E-state index in [0.717, 1.165) is 21.9 Å². The monoisotopic (exact) mass is 474 g/mol. The maximum atomic E-state index is 12.7. The highest BCUT2D eigenvalue weighted by Crippen LogP contribution is 2.18. The van der Waals surface area contributed by atoms with Gasteiger partial charge >= 0.3 is 0 Å². The molecule has 0 spiro atoms. The number of carbonyl (C=O) groups is 4. The van der Waals surface area contributed by atoms with Crippen LogP contribution < -0.4 is 21.7 Å². The molecule has 35 heavy (non-hydrogen) atoms. The van der Waals surface area contributed by atoms with E-state index in [1.807, 2.05) is 72.8 Å². The van der Waals surface area contributed by atoms with Gasteiger partial charge in [0.05, 0.1) is 6.42 Å². The zero-order valence-electron chi connectivity index (χ0n) is 19.6. The zero-order valence-corrected chi connectivity index (χ0v) is 19.6. The van der Waals surface area contributed by atoms with Gasteiger partial charge in [-0.15, -0.1) is 0 Å². The van der Waals surface area contributed by atoms with Crippen LogP contribution in [0.2, 0.25) is 0 Å². The number of nitrogens with two attached hydrogens (primary N) is 1. The van der Waals surface area contributed by atoms with Crippen molar-refractivity contribution in [3.8, 4) is 0 Å². The molecule has 8 heteroatoms. The third kappa shape index (κ3) is 7.67. The highest BCUT2D eigenvalue weighted by atomic mass is 16.2. The lowest BCUT2D eigenvalue weighted by molar-refractivity contribution is -0.133. The zero-order chi connectivity index (χ0) is 25.2. The normalized spacial score (nSPS) is 12.4. The van der Waals surface area contributed by atoms with Gasteiger partial charge in [0, 0.05) is 13.0 Å². The van der Waals surface area contributed by atoms with Crippen molar-refractivity contribution >= 4 is 34.4 Å². The number of benzene rings is 3. The third-order valence-corrected chi connectivity index (χ3v) is 5.63. The molecule has 4 amide bonds. The molecular weight excluding hydrogens is 444 g/mol. The Bertz CT molecular complexity index is 1190. The maximum absolute atomic E-state index is 12.7. The Kier molecular flexibility index (Phi) is 8.95. The van der Waals surface area contributed by atoms with Gasteiger partial charge in [-0.05, 0) is 35.2 Å². The van der Waals surface area contributed by atoms with Gasteiger partial charge in [-0.2, -0.15) is 0 Å². The molecule has 2 atom stereocenters. The molecule has 0 aliphatic carbocycles. The van der Waals surface area contributed by atoms with Crippen molar-refractivity contribution in [2.24, 2.45) is 5.73 Å². The molecule has 0 radical (unpaired) electrons. The molecule has 0 fully saturated rings. The minimum Gasteiger partial charge on any atom is -0.370 e. The summed E-state index contributed by atoms with van der Waals surface area (Å²) in [5, 5.41) is 10.0. The van der Waals surface area contributed by atoms with E-state index in [0.29, 0.717) is 13.0 Å². The van der Waals surface area contributed by atoms with E-state index in [4.69, 9.17) is 5.73 Å². The molecule has 0 aliphatic heterocycles. The first-order chi connectivity index (χ1) is 16.8. The van der Waals surface area contributed by atoms with Crippen LogP contribution in [0.3, 0.4) is 0 Å². The van der Waals surface area contributed by atoms with Crippen molar-refractivity contribution in [1.82, 2.24) is 16.0 Å². The SMILES string of the molecule is CC(NC(=O)C(CC(N)=O)NC(=O)CCc1ccccc1)C(=O)NCc1cccc2ccccc12. The summed E-state index contributed by atoms with van der Waals surface area (Å²) in [4.78, 5) is 49.2. The van der Waals surface area contributed by atoms with Gasteiger partial charge in [-0.25, -0.2) is 0 Å². The number of hydrogen-bond acceptors (Lipinski definition) is 4. The number of amides is 4. The molecule has 5 N–H and O–H groups in total. The number of fused-ring (bicyclic) bond motifs is 1. The van der Waals surface area contributed by atoms with Gasteiger partial charge in [0.1, 0.15) is 12.1 Å². The Morgan fingerprint density at radius 2 is 1.51 bits per heavy atom. The molecule has 0 saturated carbocycles. The van der Waals surface area contributed by atoms with Crippen LogP contribution in [-0.2, 0) is 32.1 Å². The predicted octanol–water partition coefficient (Wildman–Crippen LogP) is 1.95. The standard InChI is InChI=1S/C27H30N4O4/c1-18(26(34)29-17-21-12-7-11-20-10-5-6-13-22(20)21)30-27(35)23(16-24(28)32)31-25(33)15-14-19-8-3-2-4-9-19/h2-13,18,23H,14-17H2,1H3,(H2,28,32)(H,29,34)(H,30,35)(H,31,33). The maximum Gasteiger partial charge on any atom is 0.243 e. The van der Waals surface area contributed by atoms with E-state index in [-0.39, 0.29) is 24.7 Å². The lowest BCUT2D eigenvalue weighted by Gasteiger charge is -2.20. The second-order valence-electron chi connectivity index (χ2n) is 8.36. The average Bonchev–Trinajstić information content (AvgIpc) is 2.85. The van der Waals surface area contributed by atoms with Crippen LogP contribution in [0, 0.1) is 0 Å². The topological polar surface area (TPSA) is 130 Å². The van der Waals surface area contributed by atoms with Crippen LogP contribution in [0.5, 0.6) is 0 Å². The second kappa shape index (κ2) is 12.3. The number of hydrogen-bond donors (Lipinski definition) is 4. The first-order valence-corrected chi connectivity index (χ1v) is 11.5. The fourth-order valence-corrected chi connectivity index (χ4v) is 3.74. The summed E-state index contributed by atoms with van der Waals surface area (Å²) in [6.45, 7) is 1.83. The summed E-state index contributed by atoms with van der Waals surface area (Å²) >= 11 is 0. The first kappa shape index (κ1) is 25.4. The van der Waals surface area contributed by atoms with Gasteiger partial charge in [-0.3, -0.25) is 19.2 Å². The lowest BCUT2D eigenvalue weighted by atomic mass is 10.0. The average molecular weight is 475 g/mol. The molecular formula is C27H30N4O4. The smallest absolute Gasteiger partial charge is 0.243 e. The molecule has 3 aromatic carbocycles. The Morgan fingerprint density at radius 3 is 2.26 bits per heavy atom. The summed E-state index contributed by atoms with van der Waals surface area (Å²) < 4.78 is 0. The summed E-state index contributed by atoms with van der Waals surface area (Å²) in [7, 11) is 0. The van der Waals surface area contributed by atoms with Crippen LogP contribution in [-0.4, -0.2) is 35.7 Å². The van der Waals surface area contributed by atoms with Gasteiger partial charge in [-0.1, -0.05) is 72.8 Å². The fourth-order valence-electron chi connectivity index (χ4n) is 3.74. The molecule has 3 aromatic rings. The van der Waals surface area contributed by atoms with E-state index in [2.05, 4.69) is 16.0 Å². The number of aryl methyl sites for hydroxylation is 1. The van der Waals surface area contributed by atoms with Gasteiger partial charge in [0.2, 0.25) is 23.6 Å². The number of carbonyl (C=O) groups excluding carboxylic acids is 4. The molecule has 0 aromatic heterocycles. The molecule has 0 heterocycles. The third-order valence-electron chi connectivity index (χ3n) is 5.63. The Hall–Kier alpha value is -4.20. The summed E-state index contributed by atoms with van der Waals surface area (Å²) in [5.41, 5.74) is 7.20. The number of primary amides is 1. The van der Waals surface area contributed by atoms with Crippen molar-refractivity contribution in [1.29, 1.82) is 0 Å². The van der Waals surface area contributed by atoms with Crippen LogP contribution in [0.25, 0.3) is 10.8 Å². The van der Waals surface area contributed by atoms with Crippen LogP contribution in [0.15, 0.2) is 72.8 Å². The molecule has 8 nitrogen and oxygen atoms in total. The van der Waals surface area contributed by atoms with Gasteiger partial charge < -0.3 is 21.7 Å². The predicted molar refractivity (Wildman–Crippen MR) is 134 cm³/mol. The summed E-state index contributed by atoms with van der Waals surface area (Å²) in [6.07, 6.45) is 0.269. The van der Waals surface area contributed by atoms with Crippen LogP contribution in [0.1, 0.15) is 30.9 Å². The van der Waals surface area contributed by atoms with Gasteiger partial charge in [0.15, 0.2) is 0 Å². The van der Waals surface area contributed by atoms with E-state index in [9.17, 15) is 19.2 Å². The first-order valence-electron chi connectivity index (χ1n) is 11.5. The lowest BCUT2D eigenvalue weighted by Crippen LogP contribution is -2.53. The van der Waals surface area contributed by atoms with Gasteiger partial charge in [0.25, 0.3) is 0 Å². The van der Waals surface area contributed by atoms with Crippen molar-refractivity contribution in [2.45, 2.75) is 44.8 Å².